The van der Waals surface area contributed by atoms with E-state index in [1.807, 2.05) is 24.7 Å². The number of rotatable bonds is 6. The first-order chi connectivity index (χ1) is 16.8. The molecular weight excluding hydrogens is 450 g/mol. The lowest BCUT2D eigenvalue weighted by molar-refractivity contribution is -0.145. The predicted molar refractivity (Wildman–Crippen MR) is 129 cm³/mol. The Labute approximate surface area is 203 Å². The highest BCUT2D eigenvalue weighted by atomic mass is 16.7. The highest BCUT2D eigenvalue weighted by Crippen LogP contribution is 2.43. The fourth-order valence-corrected chi connectivity index (χ4v) is 5.79. The minimum absolute atomic E-state index is 0.155. The second-order valence-corrected chi connectivity index (χ2v) is 10.1. The molecule has 3 aliphatic rings. The molecule has 0 aromatic carbocycles. The van der Waals surface area contributed by atoms with E-state index in [1.165, 1.54) is 0 Å². The van der Waals surface area contributed by atoms with Crippen molar-refractivity contribution in [1.29, 1.82) is 0 Å². The van der Waals surface area contributed by atoms with Crippen LogP contribution in [0.1, 0.15) is 69.5 Å². The Hall–Kier alpha value is -3.14. The Balaban J connectivity index is 1.48. The van der Waals surface area contributed by atoms with E-state index >= 15 is 0 Å². The summed E-state index contributed by atoms with van der Waals surface area (Å²) in [6.45, 7) is 4.72. The normalized spacial score (nSPS) is 28.6. The number of pyridine rings is 1. The monoisotopic (exact) mass is 483 g/mol. The van der Waals surface area contributed by atoms with Crippen LogP contribution in [0.4, 0.5) is 5.69 Å². The van der Waals surface area contributed by atoms with E-state index in [1.54, 1.807) is 0 Å². The Bertz CT molecular complexity index is 1170. The first kappa shape index (κ1) is 23.6. The number of aromatic nitrogens is 3. The molecule has 2 fully saturated rings. The van der Waals surface area contributed by atoms with Gasteiger partial charge in [0.2, 0.25) is 0 Å². The Morgan fingerprint density at radius 3 is 2.43 bits per heavy atom. The predicted octanol–water partition coefficient (Wildman–Crippen LogP) is 3.70. The summed E-state index contributed by atoms with van der Waals surface area (Å²) in [4.78, 5) is 33.6. The summed E-state index contributed by atoms with van der Waals surface area (Å²) in [5, 5.41) is 28.1. The molecule has 3 heterocycles. The fourth-order valence-electron chi connectivity index (χ4n) is 5.79. The zero-order valence-electron chi connectivity index (χ0n) is 20.2. The molecule has 2 aromatic rings. The van der Waals surface area contributed by atoms with Gasteiger partial charge in [0.15, 0.2) is 5.65 Å². The van der Waals surface area contributed by atoms with Gasteiger partial charge < -0.3 is 15.5 Å². The van der Waals surface area contributed by atoms with Gasteiger partial charge in [-0.2, -0.15) is 5.10 Å². The topological polar surface area (TPSA) is 139 Å². The molecule has 1 spiro atoms. The van der Waals surface area contributed by atoms with Gasteiger partial charge in [-0.25, -0.2) is 9.67 Å². The maximum Gasteiger partial charge on any atom is 0.306 e. The van der Waals surface area contributed by atoms with Gasteiger partial charge in [-0.05, 0) is 71.3 Å². The van der Waals surface area contributed by atoms with Gasteiger partial charge >= 0.3 is 11.9 Å². The summed E-state index contributed by atoms with van der Waals surface area (Å²) >= 11 is 0. The molecule has 0 saturated heterocycles. The quantitative estimate of drug-likeness (QED) is 0.484. The van der Waals surface area contributed by atoms with Gasteiger partial charge in [-0.1, -0.05) is 0 Å². The zero-order valence-corrected chi connectivity index (χ0v) is 20.2. The molecule has 0 atom stereocenters. The van der Waals surface area contributed by atoms with Crippen LogP contribution in [0.3, 0.4) is 0 Å². The van der Waals surface area contributed by atoms with Crippen LogP contribution in [0.25, 0.3) is 16.7 Å². The molecule has 5 rings (SSSR count). The standard InChI is InChI=1S/C25H33N5O5/c1-3-30-22-20(14(2)28-30)21(27-17-6-4-15(5-7-17)23(31)32)18(13-26-22)19-12-25(35-29-19)10-8-16(9-11-25)24(33)34/h12-13,15-17,29H,3-11H2,1-2H3,(H,26,27)(H,31,32)(H,33,34). The summed E-state index contributed by atoms with van der Waals surface area (Å²) in [5.74, 6) is -2.05. The van der Waals surface area contributed by atoms with Crippen LogP contribution in [0.5, 0.6) is 0 Å². The number of carboxylic acids is 2. The van der Waals surface area contributed by atoms with Crippen molar-refractivity contribution in [3.05, 3.63) is 23.5 Å². The third kappa shape index (κ3) is 4.35. The molecule has 0 unspecified atom stereocenters. The number of carboxylic acid groups (broad SMARTS) is 2. The number of hydrogen-bond donors (Lipinski definition) is 4. The van der Waals surface area contributed by atoms with Crippen LogP contribution in [0.15, 0.2) is 12.3 Å². The first-order valence-corrected chi connectivity index (χ1v) is 12.6. The maximum atomic E-state index is 11.4. The van der Waals surface area contributed by atoms with Crippen LogP contribution in [0, 0.1) is 18.8 Å². The van der Waals surface area contributed by atoms with Crippen LogP contribution < -0.4 is 10.8 Å². The second-order valence-electron chi connectivity index (χ2n) is 10.1. The van der Waals surface area contributed by atoms with Gasteiger partial charge in [0.1, 0.15) is 5.60 Å². The minimum Gasteiger partial charge on any atom is -0.481 e. The zero-order chi connectivity index (χ0) is 24.7. The van der Waals surface area contributed by atoms with Crippen LogP contribution >= 0.6 is 0 Å². The Kier molecular flexibility index (Phi) is 6.16. The molecule has 0 radical (unpaired) electrons. The molecule has 35 heavy (non-hydrogen) atoms. The number of hydroxylamine groups is 1. The largest absolute Gasteiger partial charge is 0.481 e. The summed E-state index contributed by atoms with van der Waals surface area (Å²) in [7, 11) is 0. The lowest BCUT2D eigenvalue weighted by atomic mass is 9.78. The average molecular weight is 484 g/mol. The van der Waals surface area contributed by atoms with Crippen molar-refractivity contribution in [2.75, 3.05) is 5.32 Å². The Morgan fingerprint density at radius 1 is 1.14 bits per heavy atom. The number of nitrogens with one attached hydrogen (secondary N) is 2. The third-order valence-corrected chi connectivity index (χ3v) is 7.90. The number of aliphatic carboxylic acids is 2. The SMILES string of the molecule is CCn1nc(C)c2c(NC3CCC(C(=O)O)CC3)c(C3=CC4(CCC(C(=O)O)CC4)ON3)cnc21. The van der Waals surface area contributed by atoms with Crippen molar-refractivity contribution < 1.29 is 24.6 Å². The number of hydrogen-bond acceptors (Lipinski definition) is 7. The van der Waals surface area contributed by atoms with Crippen LogP contribution in [0.2, 0.25) is 0 Å². The van der Waals surface area contributed by atoms with Gasteiger partial charge in [0.05, 0.1) is 34.3 Å². The number of anilines is 1. The van der Waals surface area contributed by atoms with Crippen molar-refractivity contribution in [2.45, 2.75) is 83.4 Å². The van der Waals surface area contributed by atoms with Crippen molar-refractivity contribution >= 4 is 34.4 Å². The molecular formula is C25H33N5O5. The van der Waals surface area contributed by atoms with Crippen molar-refractivity contribution in [3.63, 3.8) is 0 Å². The highest BCUT2D eigenvalue weighted by molar-refractivity contribution is 5.97. The number of fused-ring (bicyclic) bond motifs is 1. The summed E-state index contributed by atoms with van der Waals surface area (Å²) in [6.07, 6.45) is 9.25. The number of aryl methyl sites for hydroxylation is 2. The van der Waals surface area contributed by atoms with E-state index in [9.17, 15) is 19.8 Å². The lowest BCUT2D eigenvalue weighted by Gasteiger charge is -2.32. The van der Waals surface area contributed by atoms with Crippen molar-refractivity contribution in [1.82, 2.24) is 20.2 Å². The lowest BCUT2D eigenvalue weighted by Crippen LogP contribution is -2.36. The van der Waals surface area contributed by atoms with Crippen LogP contribution in [-0.2, 0) is 21.0 Å². The van der Waals surface area contributed by atoms with E-state index < -0.39 is 17.5 Å². The van der Waals surface area contributed by atoms with E-state index in [4.69, 9.17) is 9.82 Å². The van der Waals surface area contributed by atoms with Gasteiger partial charge in [-0.3, -0.25) is 19.9 Å². The molecule has 2 saturated carbocycles. The first-order valence-electron chi connectivity index (χ1n) is 12.6. The van der Waals surface area contributed by atoms with Crippen LogP contribution in [-0.4, -0.2) is 48.6 Å². The summed E-state index contributed by atoms with van der Waals surface area (Å²) < 4.78 is 1.89. The number of carbonyl (C=O) groups is 2. The smallest absolute Gasteiger partial charge is 0.306 e. The maximum absolute atomic E-state index is 11.4. The molecule has 10 nitrogen and oxygen atoms in total. The van der Waals surface area contributed by atoms with E-state index in [0.717, 1.165) is 46.5 Å². The molecule has 0 amide bonds. The number of nitrogens with zero attached hydrogens (tertiary/aromatic N) is 3. The fraction of sp³-hybridized carbons (Fsp3) is 0.600. The van der Waals surface area contributed by atoms with E-state index in [2.05, 4.69) is 22.0 Å². The molecule has 188 valence electrons. The van der Waals surface area contributed by atoms with E-state index in [-0.39, 0.29) is 17.9 Å². The van der Waals surface area contributed by atoms with Gasteiger partial charge in [-0.15, -0.1) is 0 Å². The molecule has 0 bridgehead atoms. The van der Waals surface area contributed by atoms with E-state index in [0.29, 0.717) is 45.1 Å². The molecule has 10 heteroatoms. The van der Waals surface area contributed by atoms with Crippen molar-refractivity contribution in [3.8, 4) is 0 Å². The molecule has 2 aliphatic carbocycles. The summed E-state index contributed by atoms with van der Waals surface area (Å²) in [5.41, 5.74) is 6.92. The van der Waals surface area contributed by atoms with Gasteiger partial charge in [0.25, 0.3) is 0 Å². The second kappa shape index (κ2) is 9.14. The molecule has 1 aliphatic heterocycles. The molecule has 4 N–H and O–H groups in total. The van der Waals surface area contributed by atoms with Gasteiger partial charge in [0, 0.05) is 24.3 Å². The highest BCUT2D eigenvalue weighted by Gasteiger charge is 2.41. The average Bonchev–Trinajstić information content (AvgIpc) is 3.40. The third-order valence-electron chi connectivity index (χ3n) is 7.90. The summed E-state index contributed by atoms with van der Waals surface area (Å²) in [6, 6.07) is 0.155. The minimum atomic E-state index is -0.739. The van der Waals surface area contributed by atoms with Crippen molar-refractivity contribution in [2.24, 2.45) is 11.8 Å². The Morgan fingerprint density at radius 2 is 1.80 bits per heavy atom. The molecule has 2 aromatic heterocycles.